The van der Waals surface area contributed by atoms with Gasteiger partial charge in [-0.25, -0.2) is 0 Å². The lowest BCUT2D eigenvalue weighted by atomic mass is 9.88. The first-order chi connectivity index (χ1) is 12.7. The number of ether oxygens (including phenoxy) is 1. The number of hydrogen-bond donors (Lipinski definition) is 2. The number of nitrogens with zero attached hydrogens (tertiary/aromatic N) is 1. The number of carbonyl (C=O) groups is 2. The van der Waals surface area contributed by atoms with E-state index < -0.39 is 11.8 Å². The van der Waals surface area contributed by atoms with Crippen LogP contribution in [0.3, 0.4) is 0 Å². The Morgan fingerprint density at radius 3 is 3.00 bits per heavy atom. The van der Waals surface area contributed by atoms with Gasteiger partial charge in [0, 0.05) is 37.9 Å². The van der Waals surface area contributed by atoms with Gasteiger partial charge >= 0.3 is 11.8 Å². The molecule has 2 amide bonds. The van der Waals surface area contributed by atoms with Crippen LogP contribution in [0.15, 0.2) is 30.5 Å². The molecule has 138 valence electrons. The van der Waals surface area contributed by atoms with E-state index in [0.29, 0.717) is 30.6 Å². The number of anilines is 1. The van der Waals surface area contributed by atoms with Crippen molar-refractivity contribution >= 4 is 28.4 Å². The minimum Gasteiger partial charge on any atom is -0.381 e. The molecule has 26 heavy (non-hydrogen) atoms. The van der Waals surface area contributed by atoms with Crippen molar-refractivity contribution in [1.82, 2.24) is 9.88 Å². The fraction of sp³-hybridized carbons (Fsp3) is 0.500. The molecule has 1 aromatic carbocycles. The molecule has 2 fully saturated rings. The molecule has 4 rings (SSSR count). The Balaban J connectivity index is 1.38. The molecule has 2 atom stereocenters. The lowest BCUT2D eigenvalue weighted by Gasteiger charge is -2.33. The second-order valence-electron chi connectivity index (χ2n) is 7.43. The zero-order chi connectivity index (χ0) is 17.9. The van der Waals surface area contributed by atoms with Gasteiger partial charge in [0.05, 0.1) is 11.2 Å². The Hall–Kier alpha value is -2.34. The van der Waals surface area contributed by atoms with Crippen molar-refractivity contribution in [2.24, 2.45) is 11.8 Å². The smallest absolute Gasteiger partial charge is 0.313 e. The Kier molecular flexibility index (Phi) is 4.93. The van der Waals surface area contributed by atoms with Crippen LogP contribution in [-0.4, -0.2) is 48.0 Å². The fourth-order valence-electron chi connectivity index (χ4n) is 4.19. The van der Waals surface area contributed by atoms with E-state index in [2.05, 4.69) is 10.3 Å². The highest BCUT2D eigenvalue weighted by Crippen LogP contribution is 2.28. The van der Waals surface area contributed by atoms with Gasteiger partial charge in [0.2, 0.25) is 0 Å². The summed E-state index contributed by atoms with van der Waals surface area (Å²) >= 11 is 0. The number of benzene rings is 1. The van der Waals surface area contributed by atoms with Gasteiger partial charge in [0.25, 0.3) is 0 Å². The van der Waals surface area contributed by atoms with Crippen molar-refractivity contribution in [3.8, 4) is 0 Å². The molecule has 6 nitrogen and oxygen atoms in total. The van der Waals surface area contributed by atoms with Gasteiger partial charge in [-0.2, -0.15) is 0 Å². The molecule has 0 bridgehead atoms. The number of piperidine rings is 1. The van der Waals surface area contributed by atoms with Crippen LogP contribution in [0.2, 0.25) is 0 Å². The minimum absolute atomic E-state index is 0.430. The number of nitrogens with one attached hydrogen (secondary N) is 2. The minimum atomic E-state index is -0.558. The quantitative estimate of drug-likeness (QED) is 0.832. The van der Waals surface area contributed by atoms with Gasteiger partial charge in [0.1, 0.15) is 0 Å². The molecule has 2 unspecified atom stereocenters. The van der Waals surface area contributed by atoms with Crippen LogP contribution < -0.4 is 5.32 Å². The van der Waals surface area contributed by atoms with Crippen LogP contribution >= 0.6 is 0 Å². The van der Waals surface area contributed by atoms with E-state index in [4.69, 9.17) is 4.74 Å². The number of fused-ring (bicyclic) bond motifs is 1. The van der Waals surface area contributed by atoms with E-state index in [1.165, 1.54) is 0 Å². The third kappa shape index (κ3) is 3.60. The second-order valence-corrected chi connectivity index (χ2v) is 7.43. The van der Waals surface area contributed by atoms with Gasteiger partial charge < -0.3 is 19.9 Å². The number of rotatable bonds is 3. The van der Waals surface area contributed by atoms with Gasteiger partial charge in [-0.05, 0) is 49.7 Å². The van der Waals surface area contributed by atoms with E-state index in [1.54, 1.807) is 4.90 Å². The lowest BCUT2D eigenvalue weighted by molar-refractivity contribution is -0.144. The highest BCUT2D eigenvalue weighted by Gasteiger charge is 2.30. The Bertz CT molecular complexity index is 794. The summed E-state index contributed by atoms with van der Waals surface area (Å²) in [6.45, 7) is 3.03. The average molecular weight is 355 g/mol. The highest BCUT2D eigenvalue weighted by atomic mass is 16.5. The summed E-state index contributed by atoms with van der Waals surface area (Å²) in [7, 11) is 0. The number of aromatic amines is 1. The third-order valence-corrected chi connectivity index (χ3v) is 5.53. The molecule has 0 radical (unpaired) electrons. The Labute approximate surface area is 152 Å². The molecule has 6 heteroatoms. The third-order valence-electron chi connectivity index (χ3n) is 5.53. The predicted molar refractivity (Wildman–Crippen MR) is 99.8 cm³/mol. The number of para-hydroxylation sites is 1. The number of carbonyl (C=O) groups excluding carboxylic acids is 2. The van der Waals surface area contributed by atoms with Crippen LogP contribution in [0.4, 0.5) is 5.69 Å². The van der Waals surface area contributed by atoms with E-state index in [-0.39, 0.29) is 0 Å². The number of hydrogen-bond acceptors (Lipinski definition) is 3. The number of aromatic nitrogens is 1. The van der Waals surface area contributed by atoms with E-state index in [9.17, 15) is 9.59 Å². The summed E-state index contributed by atoms with van der Waals surface area (Å²) in [6.07, 6.45) is 6.12. The zero-order valence-corrected chi connectivity index (χ0v) is 14.9. The van der Waals surface area contributed by atoms with Crippen molar-refractivity contribution < 1.29 is 14.3 Å². The average Bonchev–Trinajstić information content (AvgIpc) is 3.33. The van der Waals surface area contributed by atoms with Crippen LogP contribution in [0.5, 0.6) is 0 Å². The molecular weight excluding hydrogens is 330 g/mol. The van der Waals surface area contributed by atoms with Crippen molar-refractivity contribution in [3.05, 3.63) is 30.5 Å². The van der Waals surface area contributed by atoms with Crippen molar-refractivity contribution in [1.29, 1.82) is 0 Å². The normalized spacial score (nSPS) is 23.3. The number of likely N-dealkylation sites (tertiary alicyclic amines) is 1. The summed E-state index contributed by atoms with van der Waals surface area (Å²) in [5.74, 6) is 0.0891. The largest absolute Gasteiger partial charge is 0.381 e. The first kappa shape index (κ1) is 17.1. The Morgan fingerprint density at radius 1 is 1.23 bits per heavy atom. The number of amides is 2. The summed E-state index contributed by atoms with van der Waals surface area (Å²) in [6, 6.07) is 7.58. The first-order valence-corrected chi connectivity index (χ1v) is 9.45. The summed E-state index contributed by atoms with van der Waals surface area (Å²) in [4.78, 5) is 30.0. The van der Waals surface area contributed by atoms with E-state index >= 15 is 0 Å². The molecule has 0 saturated carbocycles. The van der Waals surface area contributed by atoms with Crippen LogP contribution in [0.1, 0.15) is 25.7 Å². The van der Waals surface area contributed by atoms with Crippen molar-refractivity contribution in [3.63, 3.8) is 0 Å². The highest BCUT2D eigenvalue weighted by molar-refractivity contribution is 6.40. The molecule has 2 N–H and O–H groups in total. The zero-order valence-electron chi connectivity index (χ0n) is 14.9. The molecule has 0 spiro atoms. The van der Waals surface area contributed by atoms with Gasteiger partial charge in [-0.15, -0.1) is 0 Å². The molecule has 0 aliphatic carbocycles. The van der Waals surface area contributed by atoms with Gasteiger partial charge in [-0.3, -0.25) is 9.59 Å². The van der Waals surface area contributed by atoms with Crippen LogP contribution in [0.25, 0.3) is 10.9 Å². The maximum atomic E-state index is 12.6. The van der Waals surface area contributed by atoms with Gasteiger partial charge in [0.15, 0.2) is 0 Å². The maximum absolute atomic E-state index is 12.6. The standard InChI is InChI=1S/C20H25N3O3/c24-19(22-17-5-1-4-16-6-8-21-18(16)17)20(25)23-9-2-3-14(12-23)11-15-7-10-26-13-15/h1,4-6,8,14-15,21H,2-3,7,9-13H2,(H,22,24). The lowest BCUT2D eigenvalue weighted by Crippen LogP contribution is -2.45. The van der Waals surface area contributed by atoms with E-state index in [1.807, 2.05) is 30.5 Å². The van der Waals surface area contributed by atoms with E-state index in [0.717, 1.165) is 49.8 Å². The van der Waals surface area contributed by atoms with Crippen LogP contribution in [-0.2, 0) is 14.3 Å². The predicted octanol–water partition coefficient (Wildman–Crippen LogP) is 2.77. The monoisotopic (exact) mass is 355 g/mol. The van der Waals surface area contributed by atoms with Crippen LogP contribution in [0, 0.1) is 11.8 Å². The fourth-order valence-corrected chi connectivity index (χ4v) is 4.19. The van der Waals surface area contributed by atoms with Crippen molar-refractivity contribution in [2.45, 2.75) is 25.7 Å². The molecule has 1 aromatic heterocycles. The molecule has 2 aliphatic rings. The molecule has 2 aromatic rings. The maximum Gasteiger partial charge on any atom is 0.313 e. The van der Waals surface area contributed by atoms with Crippen molar-refractivity contribution in [2.75, 3.05) is 31.6 Å². The molecular formula is C20H25N3O3. The Morgan fingerprint density at radius 2 is 2.15 bits per heavy atom. The molecule has 2 saturated heterocycles. The summed E-state index contributed by atoms with van der Waals surface area (Å²) in [5.41, 5.74) is 1.48. The topological polar surface area (TPSA) is 74.4 Å². The first-order valence-electron chi connectivity index (χ1n) is 9.45. The summed E-state index contributed by atoms with van der Waals surface area (Å²) < 4.78 is 5.46. The second kappa shape index (κ2) is 7.50. The SMILES string of the molecule is O=C(Nc1cccc2cc[nH]c12)C(=O)N1CCCC(CC2CCOC2)C1. The number of H-pyrrole nitrogens is 1. The molecule has 2 aliphatic heterocycles. The summed E-state index contributed by atoms with van der Waals surface area (Å²) in [5, 5.41) is 3.78. The van der Waals surface area contributed by atoms with Gasteiger partial charge in [-0.1, -0.05) is 12.1 Å². The molecule has 3 heterocycles.